The van der Waals surface area contributed by atoms with E-state index >= 15 is 0 Å². The molecule has 0 amide bonds. The molecule has 0 aromatic heterocycles. The van der Waals surface area contributed by atoms with E-state index < -0.39 is 0 Å². The van der Waals surface area contributed by atoms with Crippen molar-refractivity contribution in [3.63, 3.8) is 0 Å². The summed E-state index contributed by atoms with van der Waals surface area (Å²) in [5.41, 5.74) is 3.04. The van der Waals surface area contributed by atoms with Crippen LogP contribution in [0.25, 0.3) is 0 Å². The zero-order chi connectivity index (χ0) is 14.7. The number of hydrogen-bond acceptors (Lipinski definition) is 1. The van der Waals surface area contributed by atoms with E-state index in [-0.39, 0.29) is 11.9 Å². The van der Waals surface area contributed by atoms with E-state index in [1.807, 2.05) is 31.2 Å². The molecule has 0 radical (unpaired) electrons. The lowest BCUT2D eigenvalue weighted by Crippen LogP contribution is -2.18. The normalized spacial score (nSPS) is 12.2. The third-order valence-electron chi connectivity index (χ3n) is 3.12. The minimum absolute atomic E-state index is 0.204. The number of aryl methyl sites for hydroxylation is 1. The topological polar surface area (TPSA) is 12.0 Å². The van der Waals surface area contributed by atoms with Gasteiger partial charge in [0.2, 0.25) is 0 Å². The predicted octanol–water partition coefficient (Wildman–Crippen LogP) is 5.59. The van der Waals surface area contributed by atoms with E-state index in [0.29, 0.717) is 4.47 Å². The van der Waals surface area contributed by atoms with Gasteiger partial charge in [-0.15, -0.1) is 0 Å². The predicted molar refractivity (Wildman–Crippen MR) is 87.1 cm³/mol. The second-order valence-corrected chi connectivity index (χ2v) is 6.25. The fraction of sp³-hybridized carbons (Fsp3) is 0.250. The average molecular weight is 357 g/mol. The maximum atomic E-state index is 13.6. The number of rotatable bonds is 4. The van der Waals surface area contributed by atoms with Gasteiger partial charge in [-0.25, -0.2) is 4.39 Å². The quantitative estimate of drug-likeness (QED) is 0.752. The molecule has 1 N–H and O–H groups in total. The maximum Gasteiger partial charge on any atom is 0.139 e. The summed E-state index contributed by atoms with van der Waals surface area (Å²) < 4.78 is 14.1. The summed E-state index contributed by atoms with van der Waals surface area (Å²) in [6, 6.07) is 11.3. The Labute approximate surface area is 132 Å². The minimum Gasteiger partial charge on any atom is -0.382 e. The van der Waals surface area contributed by atoms with Gasteiger partial charge in [-0.3, -0.25) is 0 Å². The highest BCUT2D eigenvalue weighted by molar-refractivity contribution is 9.10. The molecule has 2 aromatic carbocycles. The van der Waals surface area contributed by atoms with E-state index in [2.05, 4.69) is 28.2 Å². The smallest absolute Gasteiger partial charge is 0.139 e. The summed E-state index contributed by atoms with van der Waals surface area (Å²) in [4.78, 5) is 0. The van der Waals surface area contributed by atoms with Crippen LogP contribution < -0.4 is 5.32 Å². The fourth-order valence-electron chi connectivity index (χ4n) is 2.09. The monoisotopic (exact) mass is 355 g/mol. The van der Waals surface area contributed by atoms with Gasteiger partial charge in [0.15, 0.2) is 0 Å². The lowest BCUT2D eigenvalue weighted by atomic mass is 10.1. The number of halogens is 3. The molecule has 0 heterocycles. The number of nitrogens with one attached hydrogen (secondary N) is 1. The molecule has 0 aliphatic heterocycles. The van der Waals surface area contributed by atoms with Crippen molar-refractivity contribution >= 4 is 33.2 Å². The van der Waals surface area contributed by atoms with Crippen LogP contribution in [-0.4, -0.2) is 6.04 Å². The second-order valence-electron chi connectivity index (χ2n) is 4.96. The summed E-state index contributed by atoms with van der Waals surface area (Å²) in [5, 5.41) is 4.08. The van der Waals surface area contributed by atoms with Gasteiger partial charge in [0, 0.05) is 16.8 Å². The summed E-state index contributed by atoms with van der Waals surface area (Å²) in [5.74, 6) is -0.253. The molecule has 2 aromatic rings. The Balaban J connectivity index is 2.06. The third-order valence-corrected chi connectivity index (χ3v) is 3.98. The van der Waals surface area contributed by atoms with Crippen molar-refractivity contribution in [2.75, 3.05) is 5.32 Å². The Bertz CT molecular complexity index is 598. The van der Waals surface area contributed by atoms with Crippen LogP contribution in [-0.2, 0) is 6.42 Å². The van der Waals surface area contributed by atoms with Crippen molar-refractivity contribution in [3.05, 3.63) is 62.8 Å². The average Bonchev–Trinajstić information content (AvgIpc) is 2.39. The SMILES string of the molecule is Cc1cc(Br)c(F)cc1NC(C)Cc1ccc(Cl)cc1. The molecular weight excluding hydrogens is 341 g/mol. The largest absolute Gasteiger partial charge is 0.382 e. The molecule has 0 saturated heterocycles. The van der Waals surface area contributed by atoms with Gasteiger partial charge in [-0.1, -0.05) is 23.7 Å². The Morgan fingerprint density at radius 1 is 1.25 bits per heavy atom. The molecule has 4 heteroatoms. The van der Waals surface area contributed by atoms with Gasteiger partial charge >= 0.3 is 0 Å². The summed E-state index contributed by atoms with van der Waals surface area (Å²) in [6.07, 6.45) is 0.855. The van der Waals surface area contributed by atoms with E-state index in [1.54, 1.807) is 6.07 Å². The molecule has 20 heavy (non-hydrogen) atoms. The molecule has 1 unspecified atom stereocenters. The first-order chi connectivity index (χ1) is 9.45. The van der Waals surface area contributed by atoms with Crippen LogP contribution in [0.3, 0.4) is 0 Å². The van der Waals surface area contributed by atoms with Gasteiger partial charge in [0.25, 0.3) is 0 Å². The van der Waals surface area contributed by atoms with E-state index in [4.69, 9.17) is 11.6 Å². The van der Waals surface area contributed by atoms with Gasteiger partial charge in [-0.05, 0) is 71.6 Å². The molecule has 106 valence electrons. The van der Waals surface area contributed by atoms with Crippen LogP contribution in [0.15, 0.2) is 40.9 Å². The molecule has 0 fully saturated rings. The Morgan fingerprint density at radius 2 is 1.90 bits per heavy atom. The lowest BCUT2D eigenvalue weighted by Gasteiger charge is -2.17. The van der Waals surface area contributed by atoms with Crippen molar-refractivity contribution in [3.8, 4) is 0 Å². The molecule has 1 atom stereocenters. The van der Waals surface area contributed by atoms with Gasteiger partial charge < -0.3 is 5.32 Å². The van der Waals surface area contributed by atoms with Crippen molar-refractivity contribution < 1.29 is 4.39 Å². The highest BCUT2D eigenvalue weighted by Crippen LogP contribution is 2.25. The first-order valence-electron chi connectivity index (χ1n) is 6.42. The second kappa shape index (κ2) is 6.59. The van der Waals surface area contributed by atoms with Crippen LogP contribution in [0, 0.1) is 12.7 Å². The minimum atomic E-state index is -0.253. The third kappa shape index (κ3) is 3.97. The van der Waals surface area contributed by atoms with Crippen LogP contribution in [0.5, 0.6) is 0 Å². The highest BCUT2D eigenvalue weighted by atomic mass is 79.9. The van der Waals surface area contributed by atoms with E-state index in [1.165, 1.54) is 11.6 Å². The summed E-state index contributed by atoms with van der Waals surface area (Å²) >= 11 is 9.06. The van der Waals surface area contributed by atoms with Crippen molar-refractivity contribution in [2.24, 2.45) is 0 Å². The number of anilines is 1. The zero-order valence-corrected chi connectivity index (χ0v) is 13.7. The van der Waals surface area contributed by atoms with Crippen molar-refractivity contribution in [1.82, 2.24) is 0 Å². The molecule has 0 saturated carbocycles. The fourth-order valence-corrected chi connectivity index (χ4v) is 2.68. The van der Waals surface area contributed by atoms with Crippen LogP contribution in [0.4, 0.5) is 10.1 Å². The van der Waals surface area contributed by atoms with Crippen molar-refractivity contribution in [1.29, 1.82) is 0 Å². The standard InChI is InChI=1S/C16H16BrClFN/c1-10-7-14(17)15(19)9-16(10)20-11(2)8-12-3-5-13(18)6-4-12/h3-7,9,11,20H,8H2,1-2H3. The number of benzene rings is 2. The first kappa shape index (κ1) is 15.3. The Hall–Kier alpha value is -1.06. The first-order valence-corrected chi connectivity index (χ1v) is 7.59. The van der Waals surface area contributed by atoms with Gasteiger partial charge in [0.1, 0.15) is 5.82 Å². The lowest BCUT2D eigenvalue weighted by molar-refractivity contribution is 0.620. The molecule has 0 spiro atoms. The van der Waals surface area contributed by atoms with Gasteiger partial charge in [0.05, 0.1) is 4.47 Å². The summed E-state index contributed by atoms with van der Waals surface area (Å²) in [7, 11) is 0. The van der Waals surface area contributed by atoms with Crippen LogP contribution in [0.1, 0.15) is 18.1 Å². The van der Waals surface area contributed by atoms with E-state index in [0.717, 1.165) is 22.7 Å². The number of hydrogen-bond donors (Lipinski definition) is 1. The molecule has 1 nitrogen and oxygen atoms in total. The molecule has 0 aliphatic carbocycles. The van der Waals surface area contributed by atoms with Gasteiger partial charge in [-0.2, -0.15) is 0 Å². The molecule has 0 aliphatic rings. The van der Waals surface area contributed by atoms with Crippen LogP contribution >= 0.6 is 27.5 Å². The maximum absolute atomic E-state index is 13.6. The zero-order valence-electron chi connectivity index (χ0n) is 11.4. The van der Waals surface area contributed by atoms with Crippen LogP contribution in [0.2, 0.25) is 5.02 Å². The Morgan fingerprint density at radius 3 is 2.55 bits per heavy atom. The molecule has 0 bridgehead atoms. The summed E-state index contributed by atoms with van der Waals surface area (Å²) in [6.45, 7) is 4.04. The molecular formula is C16H16BrClFN. The van der Waals surface area contributed by atoms with Crippen molar-refractivity contribution in [2.45, 2.75) is 26.3 Å². The Kier molecular flexibility index (Phi) is 5.06. The van der Waals surface area contributed by atoms with E-state index in [9.17, 15) is 4.39 Å². The molecule has 2 rings (SSSR count). The highest BCUT2D eigenvalue weighted by Gasteiger charge is 2.09.